The van der Waals surface area contributed by atoms with Crippen molar-refractivity contribution in [2.75, 3.05) is 8.61 Å². The van der Waals surface area contributed by atoms with E-state index in [0.29, 0.717) is 22.0 Å². The number of benzene rings is 4. The zero-order valence-corrected chi connectivity index (χ0v) is 22.7. The zero-order chi connectivity index (χ0) is 27.4. The molecule has 4 aromatic carbocycles. The van der Waals surface area contributed by atoms with E-state index in [-0.39, 0.29) is 11.3 Å². The maximum atomic E-state index is 12.1. The summed E-state index contributed by atoms with van der Waals surface area (Å²) < 4.78 is 50.1. The number of nitrogens with zero attached hydrogens (tertiary/aromatic N) is 2. The summed E-state index contributed by atoms with van der Waals surface area (Å²) in [6.45, 7) is 3.78. The van der Waals surface area contributed by atoms with Gasteiger partial charge in [-0.25, -0.2) is 4.79 Å². The molecule has 2 atom stereocenters. The van der Waals surface area contributed by atoms with E-state index in [1.807, 2.05) is 26.0 Å². The third-order valence-electron chi connectivity index (χ3n) is 5.56. The largest absolute Gasteiger partial charge is 0.755 e. The van der Waals surface area contributed by atoms with Crippen molar-refractivity contribution in [3.05, 3.63) is 108 Å². The van der Waals surface area contributed by atoms with Gasteiger partial charge in [0.2, 0.25) is 0 Å². The first-order valence-electron chi connectivity index (χ1n) is 11.2. The fourth-order valence-electron chi connectivity index (χ4n) is 3.70. The number of aryl methyl sites for hydroxylation is 2. The number of hydrogen-bond donors (Lipinski definition) is 1. The van der Waals surface area contributed by atoms with Crippen molar-refractivity contribution in [1.82, 2.24) is 0 Å². The van der Waals surface area contributed by atoms with Crippen molar-refractivity contribution < 1.29 is 27.4 Å². The minimum atomic E-state index is -2.75. The van der Waals surface area contributed by atoms with Crippen LogP contribution in [0.1, 0.15) is 21.5 Å². The Labute approximate surface area is 229 Å². The number of rotatable bonds is 9. The zero-order valence-electron chi connectivity index (χ0n) is 20.3. The highest BCUT2D eigenvalue weighted by Crippen LogP contribution is 2.36. The first-order chi connectivity index (χ1) is 18.1. The van der Waals surface area contributed by atoms with E-state index in [1.165, 1.54) is 28.2 Å². The lowest BCUT2D eigenvalue weighted by Crippen LogP contribution is -2.22. The maximum absolute atomic E-state index is 12.1. The van der Waals surface area contributed by atoms with Gasteiger partial charge in [0, 0.05) is 9.79 Å². The molecular formula is C27H22N2O6S3-2. The van der Waals surface area contributed by atoms with Crippen molar-refractivity contribution in [1.29, 1.82) is 0 Å². The van der Waals surface area contributed by atoms with Gasteiger partial charge in [0.25, 0.3) is 0 Å². The van der Waals surface area contributed by atoms with Crippen molar-refractivity contribution >= 4 is 63.0 Å². The highest BCUT2D eigenvalue weighted by atomic mass is 32.2. The molecule has 0 spiro atoms. The smallest absolute Gasteiger partial charge is 0.337 e. The fourth-order valence-corrected chi connectivity index (χ4v) is 5.76. The second kappa shape index (κ2) is 11.9. The minimum Gasteiger partial charge on any atom is -0.755 e. The van der Waals surface area contributed by atoms with Crippen LogP contribution in [0, 0.1) is 13.8 Å². The number of anilines is 4. The van der Waals surface area contributed by atoms with Gasteiger partial charge in [-0.1, -0.05) is 47.2 Å². The minimum absolute atomic E-state index is 0.0149. The second-order valence-corrected chi connectivity index (χ2v) is 11.0. The summed E-state index contributed by atoms with van der Waals surface area (Å²) in [4.78, 5) is 13.4. The molecule has 0 heterocycles. The molecule has 196 valence electrons. The molecule has 4 rings (SSSR count). The molecule has 38 heavy (non-hydrogen) atoms. The Morgan fingerprint density at radius 3 is 1.55 bits per heavy atom. The van der Waals surface area contributed by atoms with Gasteiger partial charge in [-0.05, 0) is 80.6 Å². The molecule has 8 nitrogen and oxygen atoms in total. The molecule has 4 aromatic rings. The molecule has 0 radical (unpaired) electrons. The van der Waals surface area contributed by atoms with E-state index >= 15 is 0 Å². The van der Waals surface area contributed by atoms with Crippen LogP contribution in [-0.2, 0) is 22.5 Å². The highest BCUT2D eigenvalue weighted by molar-refractivity contribution is 7.99. The molecule has 0 saturated heterocycles. The lowest BCUT2D eigenvalue weighted by molar-refractivity contribution is 0.0697. The topological polar surface area (TPSA) is 124 Å². The lowest BCUT2D eigenvalue weighted by atomic mass is 10.1. The quantitative estimate of drug-likeness (QED) is 0.246. The van der Waals surface area contributed by atoms with Crippen LogP contribution in [0.15, 0.2) is 101 Å². The molecule has 0 aliphatic rings. The molecule has 2 unspecified atom stereocenters. The summed E-state index contributed by atoms with van der Waals surface area (Å²) in [5.41, 5.74) is 3.04. The Hall–Kier alpha value is -3.48. The first-order valence-corrected chi connectivity index (χ1v) is 14.1. The van der Waals surface area contributed by atoms with Crippen LogP contribution in [0.2, 0.25) is 0 Å². The molecule has 1 N–H and O–H groups in total. The molecule has 11 heteroatoms. The van der Waals surface area contributed by atoms with Crippen molar-refractivity contribution in [3.8, 4) is 0 Å². The molecule has 0 aliphatic carbocycles. The normalized spacial score (nSPS) is 12.5. The summed E-state index contributed by atoms with van der Waals surface area (Å²) in [5.74, 6) is -1.27. The molecule has 0 aliphatic heterocycles. The van der Waals surface area contributed by atoms with Crippen LogP contribution in [0.4, 0.5) is 22.7 Å². The van der Waals surface area contributed by atoms with Crippen molar-refractivity contribution in [2.24, 2.45) is 0 Å². The number of carboxylic acid groups (broad SMARTS) is 1. The van der Waals surface area contributed by atoms with Gasteiger partial charge in [-0.3, -0.25) is 17.0 Å². The number of hydrogen-bond acceptors (Lipinski definition) is 6. The third-order valence-corrected chi connectivity index (χ3v) is 7.98. The monoisotopic (exact) mass is 566 g/mol. The van der Waals surface area contributed by atoms with E-state index in [1.54, 1.807) is 66.7 Å². The van der Waals surface area contributed by atoms with E-state index in [0.717, 1.165) is 20.3 Å². The summed E-state index contributed by atoms with van der Waals surface area (Å²) >= 11 is -4.03. The Kier molecular flexibility index (Phi) is 8.65. The average Bonchev–Trinajstić information content (AvgIpc) is 2.88. The van der Waals surface area contributed by atoms with E-state index in [9.17, 15) is 27.4 Å². The van der Waals surface area contributed by atoms with Gasteiger partial charge < -0.3 is 14.2 Å². The van der Waals surface area contributed by atoms with Crippen LogP contribution >= 0.6 is 11.8 Å². The Morgan fingerprint density at radius 1 is 0.684 bits per heavy atom. The van der Waals surface area contributed by atoms with Crippen LogP contribution in [0.5, 0.6) is 0 Å². The summed E-state index contributed by atoms with van der Waals surface area (Å²) in [5, 5.41) is 9.85. The predicted molar refractivity (Wildman–Crippen MR) is 148 cm³/mol. The van der Waals surface area contributed by atoms with Gasteiger partial charge in [-0.15, -0.1) is 0 Å². The maximum Gasteiger partial charge on any atom is 0.337 e. The predicted octanol–water partition coefficient (Wildman–Crippen LogP) is 6.02. The summed E-state index contributed by atoms with van der Waals surface area (Å²) in [6.07, 6.45) is 0. The van der Waals surface area contributed by atoms with Crippen LogP contribution in [0.3, 0.4) is 0 Å². The SMILES string of the molecule is Cc1ccc(N(c2ccc(Sc3ccc(N(c4ccc(C)cc4)S(=O)[O-])c(C(=O)O)c3)cc2)S(=O)[O-])cc1. The summed E-state index contributed by atoms with van der Waals surface area (Å²) in [7, 11) is 0. The number of carbonyl (C=O) groups is 1. The van der Waals surface area contributed by atoms with Gasteiger partial charge >= 0.3 is 5.97 Å². The van der Waals surface area contributed by atoms with Crippen LogP contribution in [0.25, 0.3) is 0 Å². The lowest BCUT2D eigenvalue weighted by Gasteiger charge is -2.28. The molecule has 0 saturated carbocycles. The standard InChI is InChI=1S/C27H24N2O6S3/c1-18-3-7-20(8-4-18)28(37(32)33)21-11-13-23(14-12-21)36-24-15-16-26(25(17-24)27(30)31)29(38(34)35)22-9-5-19(2)6-10-22/h3-17H,1-2H3,(H,30,31)(H,32,33)(H,34,35)/p-2. The third kappa shape index (κ3) is 6.32. The van der Waals surface area contributed by atoms with Gasteiger partial charge in [0.15, 0.2) is 0 Å². The Bertz CT molecular complexity index is 1490. The van der Waals surface area contributed by atoms with Gasteiger partial charge in [0.05, 0.1) is 50.8 Å². The Morgan fingerprint density at radius 2 is 1.11 bits per heavy atom. The molecular weight excluding hydrogens is 545 g/mol. The second-order valence-electron chi connectivity index (χ2n) is 8.27. The summed E-state index contributed by atoms with van der Waals surface area (Å²) in [6, 6.07) is 25.1. The van der Waals surface area contributed by atoms with E-state index in [4.69, 9.17) is 0 Å². The van der Waals surface area contributed by atoms with Crippen LogP contribution in [-0.4, -0.2) is 28.6 Å². The average molecular weight is 567 g/mol. The molecule has 0 amide bonds. The Balaban J connectivity index is 1.62. The highest BCUT2D eigenvalue weighted by Gasteiger charge is 2.20. The van der Waals surface area contributed by atoms with Crippen LogP contribution < -0.4 is 8.61 Å². The van der Waals surface area contributed by atoms with Crippen molar-refractivity contribution in [2.45, 2.75) is 23.6 Å². The number of aromatic carboxylic acids is 1. The van der Waals surface area contributed by atoms with Crippen molar-refractivity contribution in [3.63, 3.8) is 0 Å². The van der Waals surface area contributed by atoms with Gasteiger partial charge in [-0.2, -0.15) is 0 Å². The fraction of sp³-hybridized carbons (Fsp3) is 0.0741. The van der Waals surface area contributed by atoms with Gasteiger partial charge in [0.1, 0.15) is 0 Å². The molecule has 0 fully saturated rings. The van der Waals surface area contributed by atoms with E-state index < -0.39 is 28.5 Å². The molecule has 0 aromatic heterocycles. The number of carboxylic acids is 1. The molecule has 0 bridgehead atoms. The first kappa shape index (κ1) is 27.6. The van der Waals surface area contributed by atoms with E-state index in [2.05, 4.69) is 0 Å².